The Labute approximate surface area is 141 Å². The molecule has 1 amide bonds. The third kappa shape index (κ3) is 10.5. The van der Waals surface area contributed by atoms with Crippen molar-refractivity contribution >= 4 is 16.0 Å². The average molecular weight is 348 g/mol. The molecule has 0 saturated carbocycles. The third-order valence-corrected chi connectivity index (χ3v) is 5.20. The first-order chi connectivity index (χ1) is 10.8. The summed E-state index contributed by atoms with van der Waals surface area (Å²) in [5, 5.41) is -1.23. The van der Waals surface area contributed by atoms with E-state index in [0.29, 0.717) is 6.54 Å². The van der Waals surface area contributed by atoms with Crippen LogP contribution in [0.3, 0.4) is 0 Å². The van der Waals surface area contributed by atoms with E-state index < -0.39 is 21.4 Å². The highest BCUT2D eigenvalue weighted by molar-refractivity contribution is 7.86. The summed E-state index contributed by atoms with van der Waals surface area (Å²) in [6, 6.07) is 0. The van der Waals surface area contributed by atoms with Crippen LogP contribution in [0.2, 0.25) is 0 Å². The zero-order valence-electron chi connectivity index (χ0n) is 14.7. The number of carbonyl (C=O) groups excluding carboxylic acids is 1. The molecule has 23 heavy (non-hydrogen) atoms. The van der Waals surface area contributed by atoms with Crippen LogP contribution < -0.4 is 0 Å². The monoisotopic (exact) mass is 347 g/mol. The molecule has 0 aliphatic heterocycles. The molecule has 0 spiro atoms. The quantitative estimate of drug-likeness (QED) is 0.291. The number of hydrogen-bond donors (Lipinski definition) is 1. The predicted octanol–water partition coefficient (Wildman–Crippen LogP) is 4.16. The first-order valence-corrected chi connectivity index (χ1v) is 10.2. The van der Waals surface area contributed by atoms with Gasteiger partial charge in [-0.15, -0.1) is 0 Å². The van der Waals surface area contributed by atoms with E-state index in [-0.39, 0.29) is 0 Å². The van der Waals surface area contributed by atoms with Crippen LogP contribution in [-0.4, -0.2) is 35.7 Å². The van der Waals surface area contributed by atoms with Crippen LogP contribution in [0.15, 0.2) is 12.7 Å². The fourth-order valence-corrected chi connectivity index (χ4v) is 3.05. The van der Waals surface area contributed by atoms with Crippen LogP contribution in [0.5, 0.6) is 0 Å². The normalized spacial score (nSPS) is 12.8. The Hall–Kier alpha value is -0.880. The van der Waals surface area contributed by atoms with Crippen molar-refractivity contribution in [3.05, 3.63) is 12.7 Å². The molecule has 1 atom stereocenters. The maximum atomic E-state index is 11.7. The molecule has 1 unspecified atom stereocenters. The average Bonchev–Trinajstić information content (AvgIpc) is 2.50. The van der Waals surface area contributed by atoms with E-state index in [9.17, 15) is 13.2 Å². The molecule has 136 valence electrons. The van der Waals surface area contributed by atoms with Gasteiger partial charge in [-0.25, -0.2) is 0 Å². The summed E-state index contributed by atoms with van der Waals surface area (Å²) in [6.07, 6.45) is 12.8. The largest absolute Gasteiger partial charge is 0.320 e. The van der Waals surface area contributed by atoms with Gasteiger partial charge < -0.3 is 4.90 Å². The zero-order chi connectivity index (χ0) is 17.7. The maximum Gasteiger partial charge on any atom is 0.286 e. The summed E-state index contributed by atoms with van der Waals surface area (Å²) in [5.41, 5.74) is 0. The van der Waals surface area contributed by atoms with Crippen molar-refractivity contribution in [3.8, 4) is 0 Å². The van der Waals surface area contributed by atoms with E-state index in [4.69, 9.17) is 4.55 Å². The van der Waals surface area contributed by atoms with Crippen molar-refractivity contribution in [2.24, 2.45) is 0 Å². The van der Waals surface area contributed by atoms with Crippen molar-refractivity contribution < 1.29 is 17.8 Å². The molecular weight excluding hydrogens is 314 g/mol. The lowest BCUT2D eigenvalue weighted by molar-refractivity contribution is -0.126. The van der Waals surface area contributed by atoms with Crippen LogP contribution in [0.1, 0.15) is 78.1 Å². The second-order valence-electron chi connectivity index (χ2n) is 6.03. The molecule has 0 aromatic rings. The molecule has 6 heteroatoms. The minimum atomic E-state index is -4.26. The van der Waals surface area contributed by atoms with Gasteiger partial charge in [-0.1, -0.05) is 71.3 Å². The highest BCUT2D eigenvalue weighted by atomic mass is 32.2. The van der Waals surface area contributed by atoms with Gasteiger partial charge in [0.2, 0.25) is 5.91 Å². The second-order valence-corrected chi connectivity index (χ2v) is 7.74. The van der Waals surface area contributed by atoms with Gasteiger partial charge in [0, 0.05) is 6.54 Å². The molecule has 0 aromatic heterocycles. The minimum Gasteiger partial charge on any atom is -0.320 e. The van der Waals surface area contributed by atoms with E-state index in [2.05, 4.69) is 13.5 Å². The Morgan fingerprint density at radius 1 is 1.04 bits per heavy atom. The Bertz CT molecular complexity index is 434. The number of hydrogen-bond acceptors (Lipinski definition) is 3. The molecule has 0 aliphatic rings. The Kier molecular flexibility index (Phi) is 12.1. The van der Waals surface area contributed by atoms with Crippen LogP contribution >= 0.6 is 0 Å². The summed E-state index contributed by atoms with van der Waals surface area (Å²) in [5.74, 6) is -0.467. The zero-order valence-corrected chi connectivity index (χ0v) is 15.5. The van der Waals surface area contributed by atoms with Gasteiger partial charge in [0.15, 0.2) is 5.37 Å². The highest BCUT2D eigenvalue weighted by Gasteiger charge is 2.27. The summed E-state index contributed by atoms with van der Waals surface area (Å²) in [6.45, 7) is 7.22. The molecule has 0 rings (SSSR count). The van der Waals surface area contributed by atoms with Gasteiger partial charge in [0.05, 0.1) is 0 Å². The maximum absolute atomic E-state index is 11.7. The molecule has 1 N–H and O–H groups in total. The lowest BCUT2D eigenvalue weighted by Gasteiger charge is -2.25. The SMILES string of the molecule is C=CC(=O)N(CCCCCCCCCCCC)C(C)S(=O)(=O)O. The molecule has 5 nitrogen and oxygen atoms in total. The number of unbranched alkanes of at least 4 members (excludes halogenated alkanes) is 9. The Morgan fingerprint density at radius 3 is 1.87 bits per heavy atom. The van der Waals surface area contributed by atoms with Crippen molar-refractivity contribution in [1.29, 1.82) is 0 Å². The minimum absolute atomic E-state index is 0.322. The first kappa shape index (κ1) is 22.1. The van der Waals surface area contributed by atoms with E-state index in [1.165, 1.54) is 51.9 Å². The van der Waals surface area contributed by atoms with E-state index in [0.717, 1.165) is 30.2 Å². The van der Waals surface area contributed by atoms with Gasteiger partial charge >= 0.3 is 0 Å². The van der Waals surface area contributed by atoms with E-state index in [1.807, 2.05) is 0 Å². The Balaban J connectivity index is 3.93. The van der Waals surface area contributed by atoms with Crippen LogP contribution in [0, 0.1) is 0 Å². The molecule has 0 aliphatic carbocycles. The van der Waals surface area contributed by atoms with E-state index in [1.54, 1.807) is 0 Å². The lowest BCUT2D eigenvalue weighted by Crippen LogP contribution is -2.42. The summed E-state index contributed by atoms with van der Waals surface area (Å²) >= 11 is 0. The second kappa shape index (κ2) is 12.5. The number of rotatable bonds is 14. The topological polar surface area (TPSA) is 74.7 Å². The highest BCUT2D eigenvalue weighted by Crippen LogP contribution is 2.13. The smallest absolute Gasteiger partial charge is 0.286 e. The number of carbonyl (C=O) groups is 1. The fraction of sp³-hybridized carbons (Fsp3) is 0.824. The summed E-state index contributed by atoms with van der Waals surface area (Å²) < 4.78 is 31.5. The fourth-order valence-electron chi connectivity index (χ4n) is 2.52. The molecule has 0 radical (unpaired) electrons. The predicted molar refractivity (Wildman–Crippen MR) is 94.8 cm³/mol. The Morgan fingerprint density at radius 2 is 1.48 bits per heavy atom. The van der Waals surface area contributed by atoms with Crippen molar-refractivity contribution in [1.82, 2.24) is 4.90 Å². The third-order valence-electron chi connectivity index (χ3n) is 4.08. The van der Waals surface area contributed by atoms with Gasteiger partial charge in [-0.3, -0.25) is 9.35 Å². The standard InChI is InChI=1S/C17H33NO4S/c1-4-6-7-8-9-10-11-12-13-14-15-18(17(19)5-2)16(3)23(20,21)22/h5,16H,2,4,6-15H2,1,3H3,(H,20,21,22). The van der Waals surface area contributed by atoms with Gasteiger partial charge in [-0.05, 0) is 19.4 Å². The molecule has 0 heterocycles. The van der Waals surface area contributed by atoms with Crippen molar-refractivity contribution in [2.45, 2.75) is 83.4 Å². The molecule has 0 saturated heterocycles. The van der Waals surface area contributed by atoms with Crippen LogP contribution in [0.25, 0.3) is 0 Å². The van der Waals surface area contributed by atoms with Crippen LogP contribution in [0.4, 0.5) is 0 Å². The molecular formula is C17H33NO4S. The van der Waals surface area contributed by atoms with Gasteiger partial charge in [0.25, 0.3) is 10.1 Å². The van der Waals surface area contributed by atoms with Crippen LogP contribution in [-0.2, 0) is 14.9 Å². The molecule has 0 fully saturated rings. The molecule has 0 aromatic carbocycles. The van der Waals surface area contributed by atoms with Gasteiger partial charge in [-0.2, -0.15) is 8.42 Å². The number of nitrogens with zero attached hydrogens (tertiary/aromatic N) is 1. The summed E-state index contributed by atoms with van der Waals surface area (Å²) in [4.78, 5) is 12.9. The van der Waals surface area contributed by atoms with Crippen molar-refractivity contribution in [3.63, 3.8) is 0 Å². The number of amides is 1. The van der Waals surface area contributed by atoms with Gasteiger partial charge in [0.1, 0.15) is 0 Å². The summed E-state index contributed by atoms with van der Waals surface area (Å²) in [7, 11) is -4.26. The molecule has 0 bridgehead atoms. The lowest BCUT2D eigenvalue weighted by atomic mass is 10.1. The van der Waals surface area contributed by atoms with E-state index >= 15 is 0 Å². The first-order valence-electron chi connectivity index (χ1n) is 8.74. The van der Waals surface area contributed by atoms with Crippen molar-refractivity contribution in [2.75, 3.05) is 6.54 Å².